The lowest BCUT2D eigenvalue weighted by Crippen LogP contribution is -2.15. The molecule has 5 rings (SSSR count). The Morgan fingerprint density at radius 2 is 1.16 bits per heavy atom. The summed E-state index contributed by atoms with van der Waals surface area (Å²) in [4.78, 5) is 39.0. The molecule has 3 aromatic rings. The average Bonchev–Trinajstić information content (AvgIpc) is 3.99. The molecule has 2 saturated heterocycles. The number of epoxide rings is 2. The predicted octanol–water partition coefficient (Wildman–Crippen LogP) is 6.20. The second-order valence-corrected chi connectivity index (χ2v) is 10.9. The second kappa shape index (κ2) is 16.1. The molecule has 238 valence electrons. The normalized spacial score (nSPS) is 16.4. The first-order chi connectivity index (χ1) is 22.0. The summed E-state index contributed by atoms with van der Waals surface area (Å²) in [5, 5.41) is 0. The van der Waals surface area contributed by atoms with Gasteiger partial charge in [-0.25, -0.2) is 14.4 Å². The van der Waals surface area contributed by atoms with Gasteiger partial charge in [0.2, 0.25) is 0 Å². The highest BCUT2D eigenvalue weighted by molar-refractivity contribution is 5.97. The number of ether oxygens (including phenoxy) is 7. The fourth-order valence-corrected chi connectivity index (χ4v) is 4.35. The number of unbranched alkanes of at least 4 members (excludes halogenated alkanes) is 5. The van der Waals surface area contributed by atoms with Crippen molar-refractivity contribution in [1.82, 2.24) is 0 Å². The van der Waals surface area contributed by atoms with Crippen molar-refractivity contribution in [2.24, 2.45) is 0 Å². The van der Waals surface area contributed by atoms with Crippen molar-refractivity contribution in [1.29, 1.82) is 0 Å². The Kier molecular flexibility index (Phi) is 11.4. The molecule has 0 bridgehead atoms. The third kappa shape index (κ3) is 10.3. The van der Waals surface area contributed by atoms with Crippen molar-refractivity contribution in [3.05, 3.63) is 83.4 Å². The smallest absolute Gasteiger partial charge is 0.343 e. The SMILES string of the molecule is CCCCCCCCOC(=O)c1cc(OC(=O)c2ccc(OCC3CO3)cc2)ccc1OC(=O)c1ccc(OCC2CO2)cc1. The zero-order valence-corrected chi connectivity index (χ0v) is 25.4. The molecular weight excluding hydrogens is 580 g/mol. The van der Waals surface area contributed by atoms with Crippen LogP contribution in [0.15, 0.2) is 66.7 Å². The lowest BCUT2D eigenvalue weighted by Gasteiger charge is -2.13. The first-order valence-electron chi connectivity index (χ1n) is 15.4. The van der Waals surface area contributed by atoms with E-state index in [1.54, 1.807) is 48.5 Å². The van der Waals surface area contributed by atoms with Crippen LogP contribution in [0.3, 0.4) is 0 Å². The van der Waals surface area contributed by atoms with Crippen LogP contribution in [0, 0.1) is 0 Å². The number of hydrogen-bond acceptors (Lipinski definition) is 10. The van der Waals surface area contributed by atoms with E-state index in [0.29, 0.717) is 49.9 Å². The monoisotopic (exact) mass is 618 g/mol. The molecule has 2 aliphatic rings. The van der Waals surface area contributed by atoms with Gasteiger partial charge in [-0.05, 0) is 73.2 Å². The molecule has 0 radical (unpaired) electrons. The van der Waals surface area contributed by atoms with Crippen LogP contribution in [0.4, 0.5) is 0 Å². The number of hydrogen-bond donors (Lipinski definition) is 0. The highest BCUT2D eigenvalue weighted by Gasteiger charge is 2.24. The van der Waals surface area contributed by atoms with E-state index < -0.39 is 17.9 Å². The number of carbonyl (C=O) groups excluding carboxylic acids is 3. The largest absolute Gasteiger partial charge is 0.491 e. The molecule has 10 heteroatoms. The predicted molar refractivity (Wildman–Crippen MR) is 163 cm³/mol. The van der Waals surface area contributed by atoms with Crippen molar-refractivity contribution in [2.45, 2.75) is 57.7 Å². The van der Waals surface area contributed by atoms with E-state index in [1.165, 1.54) is 24.6 Å². The maximum Gasteiger partial charge on any atom is 0.343 e. The van der Waals surface area contributed by atoms with Crippen molar-refractivity contribution >= 4 is 17.9 Å². The molecule has 2 unspecified atom stereocenters. The van der Waals surface area contributed by atoms with E-state index in [2.05, 4.69) is 6.92 Å². The quantitative estimate of drug-likeness (QED) is 0.0705. The lowest BCUT2D eigenvalue weighted by atomic mass is 10.1. The minimum atomic E-state index is -0.684. The molecule has 0 amide bonds. The Morgan fingerprint density at radius 3 is 1.71 bits per heavy atom. The van der Waals surface area contributed by atoms with Gasteiger partial charge in [0.15, 0.2) is 0 Å². The Morgan fingerprint density at radius 1 is 0.644 bits per heavy atom. The van der Waals surface area contributed by atoms with Crippen molar-refractivity contribution in [2.75, 3.05) is 33.0 Å². The van der Waals surface area contributed by atoms with E-state index in [0.717, 1.165) is 25.7 Å². The van der Waals surface area contributed by atoms with Gasteiger partial charge in [-0.3, -0.25) is 0 Å². The molecule has 2 heterocycles. The summed E-state index contributed by atoms with van der Waals surface area (Å²) in [5.74, 6) is -0.688. The summed E-state index contributed by atoms with van der Waals surface area (Å²) in [6.45, 7) is 4.65. The van der Waals surface area contributed by atoms with E-state index in [-0.39, 0.29) is 41.4 Å². The summed E-state index contributed by atoms with van der Waals surface area (Å²) >= 11 is 0. The topological polar surface area (TPSA) is 122 Å². The van der Waals surface area contributed by atoms with Crippen LogP contribution >= 0.6 is 0 Å². The molecule has 2 fully saturated rings. The van der Waals surface area contributed by atoms with E-state index >= 15 is 0 Å². The fraction of sp³-hybridized carbons (Fsp3) is 0.400. The Bertz CT molecular complexity index is 1430. The molecule has 0 spiro atoms. The third-order valence-corrected chi connectivity index (χ3v) is 7.17. The minimum Gasteiger partial charge on any atom is -0.491 e. The van der Waals surface area contributed by atoms with Gasteiger partial charge in [0.1, 0.15) is 54.0 Å². The highest BCUT2D eigenvalue weighted by Crippen LogP contribution is 2.28. The van der Waals surface area contributed by atoms with Gasteiger partial charge in [-0.1, -0.05) is 39.0 Å². The molecule has 45 heavy (non-hydrogen) atoms. The van der Waals surface area contributed by atoms with Gasteiger partial charge in [-0.15, -0.1) is 0 Å². The standard InChI is InChI=1S/C35H38O10/c1-2-3-4-5-6-7-18-39-35(38)31-19-28(44-33(36)24-8-12-26(13-9-24)40-20-29-22-42-29)16-17-32(31)45-34(37)25-10-14-27(15-11-25)41-21-30-23-43-30/h8-17,19,29-30H,2-7,18,20-23H2,1H3. The Hall–Kier alpha value is -4.41. The van der Waals surface area contributed by atoms with E-state index in [9.17, 15) is 14.4 Å². The molecule has 3 aromatic carbocycles. The molecule has 0 aliphatic carbocycles. The summed E-state index contributed by atoms with van der Waals surface area (Å²) in [5.41, 5.74) is 0.531. The summed E-state index contributed by atoms with van der Waals surface area (Å²) in [6, 6.07) is 17.2. The first-order valence-corrected chi connectivity index (χ1v) is 15.4. The van der Waals surface area contributed by atoms with Crippen molar-refractivity contribution in [3.8, 4) is 23.0 Å². The first kappa shape index (κ1) is 32.0. The zero-order chi connectivity index (χ0) is 31.4. The van der Waals surface area contributed by atoms with Crippen LogP contribution < -0.4 is 18.9 Å². The number of esters is 3. The lowest BCUT2D eigenvalue weighted by molar-refractivity contribution is 0.0490. The Balaban J connectivity index is 1.23. The second-order valence-electron chi connectivity index (χ2n) is 10.9. The van der Waals surface area contributed by atoms with Crippen LogP contribution in [-0.2, 0) is 14.2 Å². The van der Waals surface area contributed by atoms with Gasteiger partial charge in [-0.2, -0.15) is 0 Å². The van der Waals surface area contributed by atoms with Crippen molar-refractivity contribution in [3.63, 3.8) is 0 Å². The van der Waals surface area contributed by atoms with Gasteiger partial charge in [0.25, 0.3) is 0 Å². The van der Waals surface area contributed by atoms with Gasteiger partial charge in [0.05, 0.1) is 30.9 Å². The van der Waals surface area contributed by atoms with Crippen LogP contribution in [0.5, 0.6) is 23.0 Å². The fourth-order valence-electron chi connectivity index (χ4n) is 4.35. The summed E-state index contributed by atoms with van der Waals surface area (Å²) in [7, 11) is 0. The summed E-state index contributed by atoms with van der Waals surface area (Å²) < 4.78 is 38.2. The Labute approximate surface area is 262 Å². The van der Waals surface area contributed by atoms with Gasteiger partial charge < -0.3 is 33.2 Å². The van der Waals surface area contributed by atoms with Crippen molar-refractivity contribution < 1.29 is 47.5 Å². The minimum absolute atomic E-state index is 0.0138. The van der Waals surface area contributed by atoms with Gasteiger partial charge in [0, 0.05) is 0 Å². The van der Waals surface area contributed by atoms with Crippen LogP contribution in [-0.4, -0.2) is 63.2 Å². The number of carbonyl (C=O) groups is 3. The maximum absolute atomic E-state index is 13.2. The van der Waals surface area contributed by atoms with Crippen LogP contribution in [0.2, 0.25) is 0 Å². The molecule has 2 atom stereocenters. The van der Waals surface area contributed by atoms with Crippen LogP contribution in [0.1, 0.15) is 76.5 Å². The molecular formula is C35H38O10. The maximum atomic E-state index is 13.2. The van der Waals surface area contributed by atoms with Crippen LogP contribution in [0.25, 0.3) is 0 Å². The molecule has 0 saturated carbocycles. The average molecular weight is 619 g/mol. The third-order valence-electron chi connectivity index (χ3n) is 7.17. The number of benzene rings is 3. The van der Waals surface area contributed by atoms with Gasteiger partial charge >= 0.3 is 17.9 Å². The highest BCUT2D eigenvalue weighted by atomic mass is 16.6. The number of rotatable bonds is 18. The zero-order valence-electron chi connectivity index (χ0n) is 25.4. The summed E-state index contributed by atoms with van der Waals surface area (Å²) in [6.07, 6.45) is 6.44. The van der Waals surface area contributed by atoms with E-state index in [4.69, 9.17) is 33.2 Å². The molecule has 10 nitrogen and oxygen atoms in total. The van der Waals surface area contributed by atoms with E-state index in [1.807, 2.05) is 0 Å². The molecule has 0 aromatic heterocycles. The molecule has 0 N–H and O–H groups in total. The molecule has 2 aliphatic heterocycles.